The molecule has 2 saturated heterocycles. The second-order valence-electron chi connectivity index (χ2n) is 8.08. The second-order valence-corrected chi connectivity index (χ2v) is 8.08. The van der Waals surface area contributed by atoms with Gasteiger partial charge in [-0.15, -0.1) is 0 Å². The largest absolute Gasteiger partial charge is 0.493 e. The van der Waals surface area contributed by atoms with E-state index in [1.807, 2.05) is 29.2 Å². The van der Waals surface area contributed by atoms with E-state index in [4.69, 9.17) is 9.47 Å². The molecule has 0 N–H and O–H groups in total. The third kappa shape index (κ3) is 5.51. The Morgan fingerprint density at radius 1 is 1.07 bits per heavy atom. The Morgan fingerprint density at radius 2 is 1.79 bits per heavy atom. The van der Waals surface area contributed by atoms with E-state index < -0.39 is 0 Å². The van der Waals surface area contributed by atoms with E-state index in [2.05, 4.69) is 18.7 Å². The zero-order valence-corrected chi connectivity index (χ0v) is 17.5. The maximum atomic E-state index is 12.3. The number of hydrogen-bond acceptors (Lipinski definition) is 4. The minimum Gasteiger partial charge on any atom is -0.493 e. The van der Waals surface area contributed by atoms with Gasteiger partial charge in [0.05, 0.1) is 7.11 Å². The van der Waals surface area contributed by atoms with Gasteiger partial charge in [0.2, 0.25) is 5.91 Å². The van der Waals surface area contributed by atoms with E-state index in [-0.39, 0.29) is 12.0 Å². The summed E-state index contributed by atoms with van der Waals surface area (Å²) in [5.41, 5.74) is 0.948. The van der Waals surface area contributed by atoms with E-state index in [1.165, 1.54) is 6.42 Å². The lowest BCUT2D eigenvalue weighted by molar-refractivity contribution is -0.126. The van der Waals surface area contributed by atoms with Crippen LogP contribution >= 0.6 is 0 Å². The van der Waals surface area contributed by atoms with Gasteiger partial charge < -0.3 is 19.3 Å². The number of carbonyl (C=O) groups is 1. The minimum absolute atomic E-state index is 0.0934. The van der Waals surface area contributed by atoms with Crippen LogP contribution in [0.3, 0.4) is 0 Å². The molecule has 0 saturated carbocycles. The Kier molecular flexibility index (Phi) is 7.37. The number of amides is 1. The summed E-state index contributed by atoms with van der Waals surface area (Å²) < 4.78 is 11.8. The highest BCUT2D eigenvalue weighted by molar-refractivity contribution is 5.91. The summed E-state index contributed by atoms with van der Waals surface area (Å²) in [4.78, 5) is 16.7. The number of nitrogens with zero attached hydrogens (tertiary/aromatic N) is 2. The molecule has 0 atom stereocenters. The minimum atomic E-state index is 0.0934. The van der Waals surface area contributed by atoms with Crippen LogP contribution in [0.2, 0.25) is 0 Å². The molecule has 1 amide bonds. The molecular weight excluding hydrogens is 352 g/mol. The molecule has 0 radical (unpaired) electrons. The van der Waals surface area contributed by atoms with Crippen molar-refractivity contribution in [3.8, 4) is 11.5 Å². The van der Waals surface area contributed by atoms with Crippen molar-refractivity contribution in [1.82, 2.24) is 9.80 Å². The second kappa shape index (κ2) is 9.97. The van der Waals surface area contributed by atoms with Crippen LogP contribution < -0.4 is 9.47 Å². The molecule has 0 aromatic heterocycles. The molecule has 5 nitrogen and oxygen atoms in total. The Bertz CT molecular complexity index is 672. The SMILES string of the molecule is COc1cc(C=CC(=O)N2CCCCC2)ccc1OC1CCN(C(C)C)CC1. The maximum absolute atomic E-state index is 12.3. The standard InChI is InChI=1S/C23H34N2O3/c1-18(2)24-15-11-20(12-16-24)28-21-9-7-19(17-22(21)27-3)8-10-23(26)25-13-5-4-6-14-25/h7-10,17-18,20H,4-6,11-16H2,1-3H3. The number of rotatable bonds is 6. The Balaban J connectivity index is 1.59. The molecule has 2 aliphatic heterocycles. The Hall–Kier alpha value is -2.01. The van der Waals surface area contributed by atoms with Crippen molar-refractivity contribution >= 4 is 12.0 Å². The van der Waals surface area contributed by atoms with Gasteiger partial charge in [-0.25, -0.2) is 0 Å². The zero-order valence-electron chi connectivity index (χ0n) is 17.5. The molecule has 0 unspecified atom stereocenters. The van der Waals surface area contributed by atoms with Crippen molar-refractivity contribution in [3.63, 3.8) is 0 Å². The van der Waals surface area contributed by atoms with Gasteiger partial charge in [-0.1, -0.05) is 6.07 Å². The van der Waals surface area contributed by atoms with Gasteiger partial charge >= 0.3 is 0 Å². The summed E-state index contributed by atoms with van der Waals surface area (Å²) in [5, 5.41) is 0. The van der Waals surface area contributed by atoms with E-state index in [0.717, 1.165) is 68.9 Å². The number of piperidine rings is 2. The van der Waals surface area contributed by atoms with Crippen molar-refractivity contribution in [2.24, 2.45) is 0 Å². The van der Waals surface area contributed by atoms with Gasteiger partial charge in [0.15, 0.2) is 11.5 Å². The third-order valence-electron chi connectivity index (χ3n) is 5.77. The van der Waals surface area contributed by atoms with Crippen molar-refractivity contribution in [2.45, 2.75) is 58.1 Å². The highest BCUT2D eigenvalue weighted by Gasteiger charge is 2.23. The molecule has 3 rings (SSSR count). The number of likely N-dealkylation sites (tertiary alicyclic amines) is 2. The van der Waals surface area contributed by atoms with E-state index >= 15 is 0 Å². The third-order valence-corrected chi connectivity index (χ3v) is 5.77. The quantitative estimate of drug-likeness (QED) is 0.694. The summed E-state index contributed by atoms with van der Waals surface area (Å²) in [5.74, 6) is 1.60. The lowest BCUT2D eigenvalue weighted by Crippen LogP contribution is -2.41. The lowest BCUT2D eigenvalue weighted by Gasteiger charge is -2.34. The molecule has 154 valence electrons. The molecule has 0 spiro atoms. The predicted molar refractivity (Wildman–Crippen MR) is 113 cm³/mol. The first-order valence-corrected chi connectivity index (χ1v) is 10.6. The van der Waals surface area contributed by atoms with Crippen LogP contribution in [-0.2, 0) is 4.79 Å². The number of carbonyl (C=O) groups excluding carboxylic acids is 1. The molecule has 2 aliphatic rings. The molecule has 1 aromatic rings. The summed E-state index contributed by atoms with van der Waals surface area (Å²) in [7, 11) is 1.66. The van der Waals surface area contributed by atoms with Crippen molar-refractivity contribution in [2.75, 3.05) is 33.3 Å². The summed E-state index contributed by atoms with van der Waals surface area (Å²) in [6, 6.07) is 6.48. The predicted octanol–water partition coefficient (Wildman–Crippen LogP) is 3.97. The fourth-order valence-corrected chi connectivity index (χ4v) is 3.96. The first-order chi connectivity index (χ1) is 13.6. The normalized spacial score (nSPS) is 19.4. The van der Waals surface area contributed by atoms with Crippen LogP contribution in [0.25, 0.3) is 6.08 Å². The molecule has 5 heteroatoms. The summed E-state index contributed by atoms with van der Waals surface area (Å²) >= 11 is 0. The molecule has 28 heavy (non-hydrogen) atoms. The highest BCUT2D eigenvalue weighted by Crippen LogP contribution is 2.31. The van der Waals surface area contributed by atoms with Crippen molar-refractivity contribution in [1.29, 1.82) is 0 Å². The first-order valence-electron chi connectivity index (χ1n) is 10.6. The Labute approximate surface area is 169 Å². The van der Waals surface area contributed by atoms with Gasteiger partial charge in [-0.3, -0.25) is 4.79 Å². The summed E-state index contributed by atoms with van der Waals surface area (Å²) in [6.45, 7) is 8.37. The van der Waals surface area contributed by atoms with Crippen LogP contribution in [0.5, 0.6) is 11.5 Å². The first kappa shape index (κ1) is 20.7. The topological polar surface area (TPSA) is 42.0 Å². The average molecular weight is 387 g/mol. The molecule has 1 aromatic carbocycles. The fourth-order valence-electron chi connectivity index (χ4n) is 3.96. The zero-order chi connectivity index (χ0) is 19.9. The number of ether oxygens (including phenoxy) is 2. The maximum Gasteiger partial charge on any atom is 0.246 e. The van der Waals surface area contributed by atoms with Gasteiger partial charge in [0.25, 0.3) is 0 Å². The fraction of sp³-hybridized carbons (Fsp3) is 0.609. The molecule has 0 aliphatic carbocycles. The van der Waals surface area contributed by atoms with Crippen molar-refractivity contribution < 1.29 is 14.3 Å². The van der Waals surface area contributed by atoms with E-state index in [1.54, 1.807) is 13.2 Å². The van der Waals surface area contributed by atoms with Crippen LogP contribution in [0.15, 0.2) is 24.3 Å². The Morgan fingerprint density at radius 3 is 2.43 bits per heavy atom. The number of methoxy groups -OCH3 is 1. The number of benzene rings is 1. The molecule has 2 fully saturated rings. The van der Waals surface area contributed by atoms with Crippen LogP contribution in [0.1, 0.15) is 51.5 Å². The highest BCUT2D eigenvalue weighted by atomic mass is 16.5. The van der Waals surface area contributed by atoms with Gasteiger partial charge in [-0.2, -0.15) is 0 Å². The molecule has 2 heterocycles. The smallest absolute Gasteiger partial charge is 0.246 e. The summed E-state index contributed by atoms with van der Waals surface area (Å²) in [6.07, 6.45) is 9.27. The monoisotopic (exact) mass is 386 g/mol. The van der Waals surface area contributed by atoms with E-state index in [9.17, 15) is 4.79 Å². The molecule has 0 bridgehead atoms. The average Bonchev–Trinajstić information content (AvgIpc) is 2.73. The van der Waals surface area contributed by atoms with Gasteiger partial charge in [0.1, 0.15) is 6.10 Å². The van der Waals surface area contributed by atoms with Crippen molar-refractivity contribution in [3.05, 3.63) is 29.8 Å². The van der Waals surface area contributed by atoms with Crippen LogP contribution in [0, 0.1) is 0 Å². The van der Waals surface area contributed by atoms with Crippen LogP contribution in [0.4, 0.5) is 0 Å². The van der Waals surface area contributed by atoms with E-state index in [0.29, 0.717) is 6.04 Å². The van der Waals surface area contributed by atoms with Gasteiger partial charge in [-0.05, 0) is 69.7 Å². The lowest BCUT2D eigenvalue weighted by atomic mass is 10.1. The number of hydrogen-bond donors (Lipinski definition) is 0. The van der Waals surface area contributed by atoms with Crippen LogP contribution in [-0.4, -0.2) is 61.1 Å². The van der Waals surface area contributed by atoms with Gasteiger partial charge in [0, 0.05) is 38.3 Å². The molecular formula is C23H34N2O3.